The third kappa shape index (κ3) is 3.17. The normalized spacial score (nSPS) is 27.2. The fourth-order valence-corrected chi connectivity index (χ4v) is 6.44. The Balaban J connectivity index is 1.42. The number of aromatic nitrogens is 1. The molecule has 0 unspecified atom stereocenters. The topological polar surface area (TPSA) is 28.4 Å². The van der Waals surface area contributed by atoms with Gasteiger partial charge >= 0.3 is 0 Å². The maximum Gasteiger partial charge on any atom is 0.0845 e. The van der Waals surface area contributed by atoms with E-state index in [0.717, 1.165) is 40.8 Å². The van der Waals surface area contributed by atoms with Crippen molar-refractivity contribution in [2.45, 2.75) is 46.3 Å². The smallest absolute Gasteiger partial charge is 0.0845 e. The lowest BCUT2D eigenvalue weighted by atomic mass is 9.63. The lowest BCUT2D eigenvalue weighted by Crippen LogP contribution is -2.53. The second kappa shape index (κ2) is 7.13. The molecule has 2 bridgehead atoms. The maximum atomic E-state index is 11.1. The average molecular weight is 445 g/mol. The van der Waals surface area contributed by atoms with E-state index in [1.165, 1.54) is 12.8 Å². The van der Waals surface area contributed by atoms with Gasteiger partial charge in [0.1, 0.15) is 0 Å². The van der Waals surface area contributed by atoms with Crippen LogP contribution < -0.4 is 0 Å². The van der Waals surface area contributed by atoms with E-state index < -0.39 is 6.10 Å². The van der Waals surface area contributed by atoms with Crippen LogP contribution in [0.5, 0.6) is 0 Å². The zero-order valence-corrected chi connectivity index (χ0v) is 19.5. The van der Waals surface area contributed by atoms with Gasteiger partial charge in [-0.2, -0.15) is 0 Å². The Labute approximate surface area is 188 Å². The highest BCUT2D eigenvalue weighted by molar-refractivity contribution is 6.33. The Bertz CT molecular complexity index is 1060. The van der Waals surface area contributed by atoms with Gasteiger partial charge in [-0.25, -0.2) is 0 Å². The second-order valence-electron chi connectivity index (χ2n) is 10.3. The molecule has 5 rings (SSSR count). The number of β-amino-alcohol motifs (C(OH)–C–C–N with tert-alkyl or cyclic N) is 1. The average Bonchev–Trinajstić information content (AvgIpc) is 2.97. The van der Waals surface area contributed by atoms with Gasteiger partial charge in [-0.05, 0) is 66.0 Å². The molecule has 1 aliphatic carbocycles. The Hall–Kier alpha value is -1.26. The first-order valence-electron chi connectivity index (χ1n) is 11.0. The Morgan fingerprint density at radius 2 is 1.60 bits per heavy atom. The molecule has 2 heterocycles. The van der Waals surface area contributed by atoms with Crippen molar-refractivity contribution in [2.75, 3.05) is 19.6 Å². The highest BCUT2D eigenvalue weighted by Gasteiger charge is 2.55. The van der Waals surface area contributed by atoms with Crippen LogP contribution >= 0.6 is 23.2 Å². The van der Waals surface area contributed by atoms with Crippen molar-refractivity contribution in [2.24, 2.45) is 16.7 Å². The molecule has 2 aliphatic rings. The van der Waals surface area contributed by atoms with Crippen LogP contribution in [0.3, 0.4) is 0 Å². The number of benzene rings is 2. The summed E-state index contributed by atoms with van der Waals surface area (Å²) in [5.41, 5.74) is 2.90. The second-order valence-corrected chi connectivity index (χ2v) is 11.2. The molecule has 160 valence electrons. The van der Waals surface area contributed by atoms with Crippen molar-refractivity contribution in [1.82, 2.24) is 9.47 Å². The number of halogens is 2. The van der Waals surface area contributed by atoms with Crippen LogP contribution in [-0.2, 0) is 6.54 Å². The van der Waals surface area contributed by atoms with Crippen LogP contribution in [-0.4, -0.2) is 40.3 Å². The Morgan fingerprint density at radius 1 is 1.00 bits per heavy atom. The van der Waals surface area contributed by atoms with E-state index in [1.54, 1.807) is 0 Å². The number of fused-ring (bicyclic) bond motifs is 5. The SMILES string of the molecule is CC1(C)[C@H]2CC[C@]1(C)CN(C[C@H](O)Cn1c3ccc(Cl)cc3c3cc(Cl)ccc31)C2. The first-order valence-corrected chi connectivity index (χ1v) is 11.7. The molecule has 3 atom stereocenters. The molecule has 1 saturated heterocycles. The van der Waals surface area contributed by atoms with Gasteiger partial charge < -0.3 is 9.67 Å². The molecule has 3 aromatic rings. The number of aliphatic hydroxyl groups is 1. The molecule has 0 amide bonds. The molecule has 0 radical (unpaired) electrons. The first kappa shape index (κ1) is 20.6. The van der Waals surface area contributed by atoms with Crippen LogP contribution in [0.4, 0.5) is 0 Å². The van der Waals surface area contributed by atoms with Crippen molar-refractivity contribution >= 4 is 45.0 Å². The van der Waals surface area contributed by atoms with Gasteiger partial charge in [-0.1, -0.05) is 44.0 Å². The Kier molecular flexibility index (Phi) is 4.90. The lowest BCUT2D eigenvalue weighted by molar-refractivity contribution is -0.0345. The van der Waals surface area contributed by atoms with Gasteiger partial charge in [-0.3, -0.25) is 4.90 Å². The highest BCUT2D eigenvalue weighted by atomic mass is 35.5. The molecule has 3 nitrogen and oxygen atoms in total. The largest absolute Gasteiger partial charge is 0.390 e. The fourth-order valence-electron chi connectivity index (χ4n) is 6.09. The molecule has 2 aromatic carbocycles. The predicted octanol–water partition coefficient (Wildman–Crippen LogP) is 6.22. The van der Waals surface area contributed by atoms with E-state index in [0.29, 0.717) is 34.0 Å². The molecule has 5 heteroatoms. The quantitative estimate of drug-likeness (QED) is 0.517. The van der Waals surface area contributed by atoms with Crippen LogP contribution in [0.1, 0.15) is 33.6 Å². The molecule has 1 aromatic heterocycles. The van der Waals surface area contributed by atoms with Gasteiger partial charge in [-0.15, -0.1) is 0 Å². The summed E-state index contributed by atoms with van der Waals surface area (Å²) in [4.78, 5) is 2.50. The molecule has 30 heavy (non-hydrogen) atoms. The van der Waals surface area contributed by atoms with Crippen molar-refractivity contribution in [3.8, 4) is 0 Å². The minimum atomic E-state index is -0.431. The monoisotopic (exact) mass is 444 g/mol. The fraction of sp³-hybridized carbons (Fsp3) is 0.520. The summed E-state index contributed by atoms with van der Waals surface area (Å²) >= 11 is 12.5. The van der Waals surface area contributed by atoms with Crippen LogP contribution in [0.15, 0.2) is 36.4 Å². The van der Waals surface area contributed by atoms with Crippen LogP contribution in [0, 0.1) is 16.7 Å². The number of piperidine rings is 1. The summed E-state index contributed by atoms with van der Waals surface area (Å²) in [6.45, 7) is 10.8. The van der Waals surface area contributed by atoms with E-state index in [-0.39, 0.29) is 0 Å². The minimum Gasteiger partial charge on any atom is -0.390 e. The van der Waals surface area contributed by atoms with E-state index in [2.05, 4.69) is 30.2 Å². The van der Waals surface area contributed by atoms with Crippen molar-refractivity contribution in [3.05, 3.63) is 46.4 Å². The lowest BCUT2D eigenvalue weighted by Gasteiger charge is -2.50. The molecular formula is C25H30Cl2N2O. The molecular weight excluding hydrogens is 415 g/mol. The van der Waals surface area contributed by atoms with Crippen LogP contribution in [0.2, 0.25) is 10.0 Å². The Morgan fingerprint density at radius 3 is 2.17 bits per heavy atom. The van der Waals surface area contributed by atoms with Crippen molar-refractivity contribution in [1.29, 1.82) is 0 Å². The van der Waals surface area contributed by atoms with Gasteiger partial charge in [0.05, 0.1) is 12.6 Å². The number of rotatable bonds is 4. The maximum absolute atomic E-state index is 11.1. The standard InChI is InChI=1S/C25H30Cl2N2O/c1-24(2)16-8-9-25(24,3)15-28(12-16)13-19(30)14-29-22-6-4-17(26)10-20(22)21-11-18(27)5-7-23(21)29/h4-7,10-11,16,19,30H,8-9,12-15H2,1-3H3/t16-,19-,25+/m0/s1. The zero-order chi connectivity index (χ0) is 21.3. The summed E-state index contributed by atoms with van der Waals surface area (Å²) < 4.78 is 2.21. The first-order chi connectivity index (χ1) is 14.2. The summed E-state index contributed by atoms with van der Waals surface area (Å²) in [6, 6.07) is 11.9. The number of nitrogens with zero attached hydrogens (tertiary/aromatic N) is 2. The molecule has 1 aliphatic heterocycles. The zero-order valence-electron chi connectivity index (χ0n) is 18.0. The van der Waals surface area contributed by atoms with Gasteiger partial charge in [0.25, 0.3) is 0 Å². The molecule has 1 N–H and O–H groups in total. The minimum absolute atomic E-state index is 0.343. The molecule has 1 saturated carbocycles. The van der Waals surface area contributed by atoms with Crippen molar-refractivity contribution in [3.63, 3.8) is 0 Å². The number of hydrogen-bond donors (Lipinski definition) is 1. The van der Waals surface area contributed by atoms with Crippen molar-refractivity contribution < 1.29 is 5.11 Å². The summed E-state index contributed by atoms with van der Waals surface area (Å²) in [5.74, 6) is 0.723. The summed E-state index contributed by atoms with van der Waals surface area (Å²) in [7, 11) is 0. The number of hydrogen-bond acceptors (Lipinski definition) is 2. The van der Waals surface area contributed by atoms with E-state index in [1.807, 2.05) is 36.4 Å². The van der Waals surface area contributed by atoms with Gasteiger partial charge in [0.15, 0.2) is 0 Å². The summed E-state index contributed by atoms with van der Waals surface area (Å²) in [6.07, 6.45) is 2.18. The van der Waals surface area contributed by atoms with Gasteiger partial charge in [0, 0.05) is 51.5 Å². The van der Waals surface area contributed by atoms with Crippen LogP contribution in [0.25, 0.3) is 21.8 Å². The molecule has 2 fully saturated rings. The third-order valence-corrected chi connectivity index (χ3v) is 8.79. The predicted molar refractivity (Wildman–Crippen MR) is 127 cm³/mol. The number of aliphatic hydroxyl groups excluding tert-OH is 1. The van der Waals surface area contributed by atoms with E-state index in [9.17, 15) is 5.11 Å². The van der Waals surface area contributed by atoms with E-state index >= 15 is 0 Å². The third-order valence-electron chi connectivity index (χ3n) is 8.32. The molecule has 0 spiro atoms. The highest BCUT2D eigenvalue weighted by Crippen LogP contribution is 2.58. The summed E-state index contributed by atoms with van der Waals surface area (Å²) in [5, 5.41) is 14.7. The number of likely N-dealkylation sites (tertiary alicyclic amines) is 1. The van der Waals surface area contributed by atoms with E-state index in [4.69, 9.17) is 23.2 Å². The van der Waals surface area contributed by atoms with Gasteiger partial charge in [0.2, 0.25) is 0 Å².